The monoisotopic (exact) mass is 367 g/mol. The maximum Gasteiger partial charge on any atom is 0.318 e. The minimum atomic E-state index is -3.79. The number of aliphatic carboxylic acids is 1. The maximum atomic E-state index is 13.4. The summed E-state index contributed by atoms with van der Waals surface area (Å²) in [5.41, 5.74) is 0.275. The lowest BCUT2D eigenvalue weighted by molar-refractivity contribution is -0.137. The van der Waals surface area contributed by atoms with Gasteiger partial charge in [0.2, 0.25) is 10.0 Å². The average molecular weight is 368 g/mol. The number of carboxylic acid groups (broad SMARTS) is 1. The Kier molecular flexibility index (Phi) is 6.09. The van der Waals surface area contributed by atoms with Crippen molar-refractivity contribution in [1.29, 1.82) is 0 Å². The van der Waals surface area contributed by atoms with Gasteiger partial charge in [-0.1, -0.05) is 13.0 Å². The summed E-state index contributed by atoms with van der Waals surface area (Å²) >= 11 is 2.98. The second-order valence-corrected chi connectivity index (χ2v) is 7.06. The predicted molar refractivity (Wildman–Crippen MR) is 76.2 cm³/mol. The SMILES string of the molecule is CCCN(CC(=O)O)S(=O)(=O)Cc1ccc(Br)c(F)c1. The second-order valence-electron chi connectivity index (χ2n) is 4.23. The third-order valence-corrected chi connectivity index (χ3v) is 4.95. The van der Waals surface area contributed by atoms with Crippen molar-refractivity contribution in [2.45, 2.75) is 19.1 Å². The summed E-state index contributed by atoms with van der Waals surface area (Å²) in [6, 6.07) is 4.02. The first-order valence-electron chi connectivity index (χ1n) is 5.89. The van der Waals surface area contributed by atoms with E-state index in [1.54, 1.807) is 6.92 Å². The van der Waals surface area contributed by atoms with Gasteiger partial charge in [0.05, 0.1) is 10.2 Å². The quantitative estimate of drug-likeness (QED) is 0.801. The molecule has 1 N–H and O–H groups in total. The zero-order chi connectivity index (χ0) is 15.3. The summed E-state index contributed by atoms with van der Waals surface area (Å²) in [5.74, 6) is -2.20. The zero-order valence-corrected chi connectivity index (χ0v) is 13.2. The Hall–Kier alpha value is -0.990. The Morgan fingerprint density at radius 2 is 2.10 bits per heavy atom. The number of rotatable bonds is 7. The van der Waals surface area contributed by atoms with Crippen molar-refractivity contribution in [2.75, 3.05) is 13.1 Å². The van der Waals surface area contributed by atoms with Crippen LogP contribution in [0.2, 0.25) is 0 Å². The lowest BCUT2D eigenvalue weighted by Gasteiger charge is -2.19. The number of hydrogen-bond donors (Lipinski definition) is 1. The van der Waals surface area contributed by atoms with Crippen LogP contribution in [0.25, 0.3) is 0 Å². The smallest absolute Gasteiger partial charge is 0.318 e. The molecule has 0 radical (unpaired) electrons. The number of carboxylic acids is 1. The first-order valence-corrected chi connectivity index (χ1v) is 8.30. The molecule has 8 heteroatoms. The van der Waals surface area contributed by atoms with E-state index in [-0.39, 0.29) is 16.6 Å². The van der Waals surface area contributed by atoms with E-state index in [1.165, 1.54) is 12.1 Å². The molecule has 0 aliphatic carbocycles. The Labute approximate surface area is 125 Å². The van der Waals surface area contributed by atoms with Crippen molar-refractivity contribution < 1.29 is 22.7 Å². The third-order valence-electron chi connectivity index (χ3n) is 2.51. The third kappa shape index (κ3) is 4.84. The molecule has 1 aromatic rings. The number of sulfonamides is 1. The van der Waals surface area contributed by atoms with Crippen LogP contribution >= 0.6 is 15.9 Å². The summed E-state index contributed by atoms with van der Waals surface area (Å²) in [6.45, 7) is 1.28. The molecule has 0 saturated carbocycles. The number of nitrogens with zero attached hydrogens (tertiary/aromatic N) is 1. The van der Waals surface area contributed by atoms with E-state index in [1.807, 2.05) is 0 Å². The topological polar surface area (TPSA) is 74.7 Å². The van der Waals surface area contributed by atoms with Crippen molar-refractivity contribution in [3.05, 3.63) is 34.1 Å². The van der Waals surface area contributed by atoms with E-state index in [9.17, 15) is 17.6 Å². The largest absolute Gasteiger partial charge is 0.480 e. The van der Waals surface area contributed by atoms with E-state index >= 15 is 0 Å². The molecule has 0 unspecified atom stereocenters. The Morgan fingerprint density at radius 1 is 1.45 bits per heavy atom. The summed E-state index contributed by atoms with van der Waals surface area (Å²) in [7, 11) is -3.79. The van der Waals surface area contributed by atoms with Crippen molar-refractivity contribution in [2.24, 2.45) is 0 Å². The van der Waals surface area contributed by atoms with Gasteiger partial charge >= 0.3 is 5.97 Å². The molecule has 0 bridgehead atoms. The standard InChI is InChI=1S/C12H15BrFNO4S/c1-2-5-15(7-12(16)17)20(18,19)8-9-3-4-10(13)11(14)6-9/h3-4,6H,2,5,7-8H2,1H3,(H,16,17). The average Bonchev–Trinajstić information content (AvgIpc) is 2.32. The zero-order valence-electron chi connectivity index (χ0n) is 10.8. The lowest BCUT2D eigenvalue weighted by Crippen LogP contribution is -2.37. The fourth-order valence-corrected chi connectivity index (χ4v) is 3.45. The minimum Gasteiger partial charge on any atom is -0.480 e. The van der Waals surface area contributed by atoms with E-state index in [0.717, 1.165) is 10.4 Å². The maximum absolute atomic E-state index is 13.4. The van der Waals surface area contributed by atoms with Crippen LogP contribution in [0.15, 0.2) is 22.7 Å². The highest BCUT2D eigenvalue weighted by Gasteiger charge is 2.24. The molecule has 112 valence electrons. The Morgan fingerprint density at radius 3 is 2.60 bits per heavy atom. The van der Waals surface area contributed by atoms with Crippen LogP contribution in [0.3, 0.4) is 0 Å². The van der Waals surface area contributed by atoms with Crippen LogP contribution < -0.4 is 0 Å². The van der Waals surface area contributed by atoms with Gasteiger partial charge in [-0.25, -0.2) is 12.8 Å². The van der Waals surface area contributed by atoms with Crippen LogP contribution in [-0.4, -0.2) is 36.9 Å². The van der Waals surface area contributed by atoms with Crippen LogP contribution in [0, 0.1) is 5.82 Å². The molecule has 0 amide bonds. The highest BCUT2D eigenvalue weighted by Crippen LogP contribution is 2.19. The molecular formula is C12H15BrFNO4S. The van der Waals surface area contributed by atoms with Crippen molar-refractivity contribution in [1.82, 2.24) is 4.31 Å². The van der Waals surface area contributed by atoms with Gasteiger partial charge in [0, 0.05) is 6.54 Å². The first kappa shape index (κ1) is 17.1. The van der Waals surface area contributed by atoms with Gasteiger partial charge in [-0.05, 0) is 40.0 Å². The van der Waals surface area contributed by atoms with Crippen LogP contribution in [0.1, 0.15) is 18.9 Å². The lowest BCUT2D eigenvalue weighted by atomic mass is 10.2. The van der Waals surface area contributed by atoms with E-state index < -0.39 is 34.1 Å². The number of hydrogen-bond acceptors (Lipinski definition) is 3. The molecule has 20 heavy (non-hydrogen) atoms. The molecule has 0 fully saturated rings. The fourth-order valence-electron chi connectivity index (χ4n) is 1.65. The summed E-state index contributed by atoms with van der Waals surface area (Å²) in [5, 5.41) is 8.75. The molecule has 1 aromatic carbocycles. The van der Waals surface area contributed by atoms with Gasteiger partial charge in [0.25, 0.3) is 0 Å². The van der Waals surface area contributed by atoms with Crippen LogP contribution in [0.5, 0.6) is 0 Å². The van der Waals surface area contributed by atoms with Crippen molar-refractivity contribution in [3.63, 3.8) is 0 Å². The number of halogens is 2. The van der Waals surface area contributed by atoms with Crippen molar-refractivity contribution >= 4 is 31.9 Å². The molecule has 1 rings (SSSR count). The molecule has 0 saturated heterocycles. The van der Waals surface area contributed by atoms with Crippen LogP contribution in [0.4, 0.5) is 4.39 Å². The minimum absolute atomic E-state index is 0.119. The van der Waals surface area contributed by atoms with Crippen LogP contribution in [-0.2, 0) is 20.6 Å². The van der Waals surface area contributed by atoms with Gasteiger partial charge in [0.15, 0.2) is 0 Å². The van der Waals surface area contributed by atoms with Crippen molar-refractivity contribution in [3.8, 4) is 0 Å². The summed E-state index contributed by atoms with van der Waals surface area (Å²) < 4.78 is 38.8. The van der Waals surface area contributed by atoms with E-state index in [0.29, 0.717) is 6.42 Å². The second kappa shape index (κ2) is 7.14. The first-order chi connectivity index (χ1) is 9.26. The van der Waals surface area contributed by atoms with E-state index in [4.69, 9.17) is 5.11 Å². The molecular weight excluding hydrogens is 353 g/mol. The Balaban J connectivity index is 2.95. The van der Waals surface area contributed by atoms with Gasteiger partial charge in [-0.2, -0.15) is 4.31 Å². The predicted octanol–water partition coefficient (Wildman–Crippen LogP) is 2.21. The van der Waals surface area contributed by atoms with Gasteiger partial charge < -0.3 is 5.11 Å². The summed E-state index contributed by atoms with van der Waals surface area (Å²) in [6.07, 6.45) is 0.501. The fraction of sp³-hybridized carbons (Fsp3) is 0.417. The highest BCUT2D eigenvalue weighted by molar-refractivity contribution is 9.10. The molecule has 0 atom stereocenters. The molecule has 0 spiro atoms. The summed E-state index contributed by atoms with van der Waals surface area (Å²) in [4.78, 5) is 10.7. The number of carbonyl (C=O) groups is 1. The molecule has 0 aromatic heterocycles. The molecule has 0 aliphatic heterocycles. The van der Waals surface area contributed by atoms with E-state index in [2.05, 4.69) is 15.9 Å². The van der Waals surface area contributed by atoms with Gasteiger partial charge in [-0.3, -0.25) is 4.79 Å². The Bertz CT molecular complexity index is 591. The van der Waals surface area contributed by atoms with Gasteiger partial charge in [0.1, 0.15) is 12.4 Å². The normalized spacial score (nSPS) is 11.8. The molecule has 0 heterocycles. The number of benzene rings is 1. The molecule has 5 nitrogen and oxygen atoms in total. The molecule has 0 aliphatic rings. The van der Waals surface area contributed by atoms with Gasteiger partial charge in [-0.15, -0.1) is 0 Å². The highest BCUT2D eigenvalue weighted by atomic mass is 79.9.